The summed E-state index contributed by atoms with van der Waals surface area (Å²) in [4.78, 5) is 24.6. The van der Waals surface area contributed by atoms with E-state index < -0.39 is 0 Å². The minimum absolute atomic E-state index is 0.0445. The van der Waals surface area contributed by atoms with Crippen molar-refractivity contribution < 1.29 is 14.3 Å². The van der Waals surface area contributed by atoms with Crippen LogP contribution in [-0.4, -0.2) is 18.4 Å². The van der Waals surface area contributed by atoms with Crippen LogP contribution in [-0.2, 0) is 16.0 Å². The van der Waals surface area contributed by atoms with Gasteiger partial charge in [-0.15, -0.1) is 0 Å². The Balaban J connectivity index is 1.24. The predicted octanol–water partition coefficient (Wildman–Crippen LogP) is 3.38. The van der Waals surface area contributed by atoms with Gasteiger partial charge in [0.2, 0.25) is 11.8 Å². The van der Waals surface area contributed by atoms with Crippen LogP contribution >= 0.6 is 0 Å². The van der Waals surface area contributed by atoms with Crippen LogP contribution in [0.5, 0.6) is 5.75 Å². The fourth-order valence-electron chi connectivity index (χ4n) is 6.13. The number of carbonyl (C=O) groups excluding carboxylic acids is 2. The highest BCUT2D eigenvalue weighted by Gasteiger charge is 2.51. The normalized spacial score (nSPS) is 30.8. The molecule has 0 spiro atoms. The molecule has 4 bridgehead atoms. The Morgan fingerprint density at radius 3 is 2.07 bits per heavy atom. The van der Waals surface area contributed by atoms with Gasteiger partial charge in [0.25, 0.3) is 0 Å². The van der Waals surface area contributed by atoms with Crippen molar-refractivity contribution in [2.75, 3.05) is 6.61 Å². The van der Waals surface area contributed by atoms with Crippen molar-refractivity contribution in [1.82, 2.24) is 10.9 Å². The number of hydrogen-bond donors (Lipinski definition) is 2. The van der Waals surface area contributed by atoms with E-state index in [9.17, 15) is 9.59 Å². The van der Waals surface area contributed by atoms with Crippen LogP contribution in [0.15, 0.2) is 24.3 Å². The Morgan fingerprint density at radius 2 is 1.52 bits per heavy atom. The van der Waals surface area contributed by atoms with Crippen molar-refractivity contribution in [3.05, 3.63) is 29.8 Å². The van der Waals surface area contributed by atoms with Crippen LogP contribution in [0.25, 0.3) is 0 Å². The predicted molar refractivity (Wildman–Crippen MR) is 103 cm³/mol. The fraction of sp³-hybridized carbons (Fsp3) is 0.636. The summed E-state index contributed by atoms with van der Waals surface area (Å²) in [6.45, 7) is 2.56. The third-order valence-corrected chi connectivity index (χ3v) is 6.64. The number of amides is 2. The van der Waals surface area contributed by atoms with Gasteiger partial charge in [0, 0.05) is 6.42 Å². The molecule has 5 nitrogen and oxygen atoms in total. The van der Waals surface area contributed by atoms with Gasteiger partial charge in [-0.3, -0.25) is 20.4 Å². The molecule has 0 aliphatic heterocycles. The molecule has 27 heavy (non-hydrogen) atoms. The summed E-state index contributed by atoms with van der Waals surface area (Å²) in [6, 6.07) is 7.47. The second-order valence-electron chi connectivity index (χ2n) is 8.94. The topological polar surface area (TPSA) is 67.4 Å². The zero-order chi connectivity index (χ0) is 18.9. The second kappa shape index (κ2) is 7.53. The first-order valence-electron chi connectivity index (χ1n) is 10.3. The summed E-state index contributed by atoms with van der Waals surface area (Å²) in [5, 5.41) is 0. The summed E-state index contributed by atoms with van der Waals surface area (Å²) in [7, 11) is 0. The van der Waals surface area contributed by atoms with Gasteiger partial charge in [0.15, 0.2) is 0 Å². The van der Waals surface area contributed by atoms with Gasteiger partial charge in [0.05, 0.1) is 13.0 Å². The summed E-state index contributed by atoms with van der Waals surface area (Å²) in [5.74, 6) is 3.05. The standard InChI is InChI=1S/C22H30N2O3/c1-2-27-19-5-3-15(4-6-19)10-20(25)23-24-21(26)14-22-11-16-7-17(12-22)9-18(8-16)13-22/h3-6,16-18H,2,7-14H2,1H3,(H,23,25)(H,24,26). The third kappa shape index (κ3) is 4.28. The van der Waals surface area contributed by atoms with Gasteiger partial charge in [-0.25, -0.2) is 0 Å². The molecule has 1 aromatic carbocycles. The first-order chi connectivity index (χ1) is 13.0. The molecule has 0 heterocycles. The van der Waals surface area contributed by atoms with Crippen LogP contribution in [0.3, 0.4) is 0 Å². The Bertz CT molecular complexity index is 663. The van der Waals surface area contributed by atoms with E-state index in [0.717, 1.165) is 29.1 Å². The van der Waals surface area contributed by atoms with Gasteiger partial charge in [0.1, 0.15) is 5.75 Å². The van der Waals surface area contributed by atoms with Crippen LogP contribution in [0.1, 0.15) is 57.4 Å². The molecule has 0 unspecified atom stereocenters. The lowest BCUT2D eigenvalue weighted by Gasteiger charge is -2.56. The van der Waals surface area contributed by atoms with Gasteiger partial charge >= 0.3 is 0 Å². The number of rotatable bonds is 6. The van der Waals surface area contributed by atoms with Crippen molar-refractivity contribution in [3.63, 3.8) is 0 Å². The van der Waals surface area contributed by atoms with E-state index in [-0.39, 0.29) is 23.7 Å². The first kappa shape index (κ1) is 18.3. The van der Waals surface area contributed by atoms with Crippen LogP contribution < -0.4 is 15.6 Å². The minimum atomic E-state index is -0.196. The van der Waals surface area contributed by atoms with Crippen molar-refractivity contribution in [3.8, 4) is 5.75 Å². The average Bonchev–Trinajstić information content (AvgIpc) is 2.60. The van der Waals surface area contributed by atoms with Gasteiger partial charge in [-0.2, -0.15) is 0 Å². The molecule has 4 aliphatic carbocycles. The molecule has 4 saturated carbocycles. The monoisotopic (exact) mass is 370 g/mol. The van der Waals surface area contributed by atoms with E-state index in [1.54, 1.807) is 0 Å². The Morgan fingerprint density at radius 1 is 0.963 bits per heavy atom. The lowest BCUT2D eigenvalue weighted by atomic mass is 9.49. The Hall–Kier alpha value is -2.04. The van der Waals surface area contributed by atoms with Gasteiger partial charge < -0.3 is 4.74 Å². The van der Waals surface area contributed by atoms with E-state index >= 15 is 0 Å². The van der Waals surface area contributed by atoms with Crippen LogP contribution in [0.4, 0.5) is 0 Å². The van der Waals surface area contributed by atoms with Crippen LogP contribution in [0.2, 0.25) is 0 Å². The van der Waals surface area contributed by atoms with Crippen LogP contribution in [0, 0.1) is 23.2 Å². The Kier molecular flexibility index (Phi) is 5.11. The Labute approximate surface area is 161 Å². The lowest BCUT2D eigenvalue weighted by molar-refractivity contribution is -0.134. The number of carbonyl (C=O) groups is 2. The molecule has 1 aromatic rings. The fourth-order valence-corrected chi connectivity index (χ4v) is 6.13. The van der Waals surface area contributed by atoms with E-state index in [1.807, 2.05) is 31.2 Å². The number of nitrogens with one attached hydrogen (secondary N) is 2. The zero-order valence-corrected chi connectivity index (χ0v) is 16.1. The summed E-state index contributed by atoms with van der Waals surface area (Å²) >= 11 is 0. The molecular formula is C22H30N2O3. The summed E-state index contributed by atoms with van der Waals surface area (Å²) in [5.41, 5.74) is 6.32. The SMILES string of the molecule is CCOc1ccc(CC(=O)NNC(=O)CC23CC4CC(CC(C4)C2)C3)cc1. The molecule has 0 saturated heterocycles. The molecule has 0 radical (unpaired) electrons. The lowest BCUT2D eigenvalue weighted by Crippen LogP contribution is -2.50. The third-order valence-electron chi connectivity index (χ3n) is 6.64. The molecule has 146 valence electrons. The maximum Gasteiger partial charge on any atom is 0.242 e. The number of hydrazine groups is 1. The van der Waals surface area contributed by atoms with E-state index in [4.69, 9.17) is 4.74 Å². The van der Waals surface area contributed by atoms with Crippen molar-refractivity contribution in [2.45, 2.75) is 58.3 Å². The molecule has 2 amide bonds. The van der Waals surface area contributed by atoms with Gasteiger partial charge in [-0.05, 0) is 86.3 Å². The number of hydrogen-bond acceptors (Lipinski definition) is 3. The highest BCUT2D eigenvalue weighted by atomic mass is 16.5. The highest BCUT2D eigenvalue weighted by Crippen LogP contribution is 2.61. The first-order valence-corrected chi connectivity index (χ1v) is 10.3. The van der Waals surface area contributed by atoms with Gasteiger partial charge in [-0.1, -0.05) is 12.1 Å². The molecule has 5 rings (SSSR count). The molecule has 5 heteroatoms. The largest absolute Gasteiger partial charge is 0.494 e. The zero-order valence-electron chi connectivity index (χ0n) is 16.1. The summed E-state index contributed by atoms with van der Waals surface area (Å²) in [6.07, 6.45) is 8.52. The van der Waals surface area contributed by atoms with E-state index in [2.05, 4.69) is 10.9 Å². The van der Waals surface area contributed by atoms with E-state index in [1.165, 1.54) is 38.5 Å². The van der Waals surface area contributed by atoms with Crippen molar-refractivity contribution in [1.29, 1.82) is 0 Å². The minimum Gasteiger partial charge on any atom is -0.494 e. The molecule has 4 fully saturated rings. The smallest absolute Gasteiger partial charge is 0.242 e. The molecule has 0 aromatic heterocycles. The average molecular weight is 370 g/mol. The van der Waals surface area contributed by atoms with E-state index in [0.29, 0.717) is 13.0 Å². The molecular weight excluding hydrogens is 340 g/mol. The highest BCUT2D eigenvalue weighted by molar-refractivity contribution is 5.83. The quantitative estimate of drug-likeness (QED) is 0.755. The number of ether oxygens (including phenoxy) is 1. The number of benzene rings is 1. The maximum atomic E-state index is 12.5. The summed E-state index contributed by atoms with van der Waals surface area (Å²) < 4.78 is 5.40. The molecule has 4 aliphatic rings. The second-order valence-corrected chi connectivity index (χ2v) is 8.94. The molecule has 2 N–H and O–H groups in total. The molecule has 0 atom stereocenters. The van der Waals surface area contributed by atoms with Crippen molar-refractivity contribution in [2.24, 2.45) is 23.2 Å². The maximum absolute atomic E-state index is 12.5. The van der Waals surface area contributed by atoms with Crippen molar-refractivity contribution >= 4 is 11.8 Å².